The quantitative estimate of drug-likeness (QED) is 0.705. The van der Waals surface area contributed by atoms with Crippen molar-refractivity contribution < 1.29 is 21.9 Å². The fraction of sp³-hybridized carbons (Fsp3) is 0.381. The van der Waals surface area contributed by atoms with E-state index in [1.807, 2.05) is 0 Å². The second-order valence-corrected chi connectivity index (χ2v) is 13.5. The highest BCUT2D eigenvalue weighted by atomic mass is 35.5. The van der Waals surface area contributed by atoms with Gasteiger partial charge in [0.2, 0.25) is 10.0 Å². The molecule has 1 aliphatic carbocycles. The number of aliphatic hydroxyl groups excluding tert-OH is 1. The summed E-state index contributed by atoms with van der Waals surface area (Å²) < 4.78 is 52.6. The zero-order valence-corrected chi connectivity index (χ0v) is 19.9. The number of anilines is 1. The third kappa shape index (κ3) is 3.08. The van der Waals surface area contributed by atoms with E-state index in [1.54, 1.807) is 39.0 Å². The highest BCUT2D eigenvalue weighted by Gasteiger charge is 2.48. The number of nitrogens with zero attached hydrogens (tertiary/aromatic N) is 2. The summed E-state index contributed by atoms with van der Waals surface area (Å²) in [6, 6.07) is 6.33. The molecule has 1 saturated carbocycles. The molecule has 0 bridgehead atoms. The van der Waals surface area contributed by atoms with Gasteiger partial charge in [-0.15, -0.1) is 0 Å². The van der Waals surface area contributed by atoms with Crippen molar-refractivity contribution >= 4 is 47.8 Å². The number of pyridine rings is 1. The Hall–Kier alpha value is -2.10. The topological polar surface area (TPSA) is 105 Å². The van der Waals surface area contributed by atoms with Crippen molar-refractivity contribution in [3.63, 3.8) is 0 Å². The van der Waals surface area contributed by atoms with Gasteiger partial charge in [-0.2, -0.15) is 0 Å². The molecule has 10 heteroatoms. The maximum absolute atomic E-state index is 13.6. The summed E-state index contributed by atoms with van der Waals surface area (Å²) in [7, 11) is -6.30. The van der Waals surface area contributed by atoms with E-state index in [1.165, 1.54) is 19.3 Å². The molecule has 2 aromatic rings. The average molecular weight is 483 g/mol. The van der Waals surface area contributed by atoms with Crippen LogP contribution in [0.1, 0.15) is 49.1 Å². The minimum Gasteiger partial charge on any atom is -0.504 e. The molecule has 4 rings (SSSR count). The maximum Gasteiger partial charge on any atom is 0.237 e. The molecule has 0 spiro atoms. The predicted octanol–water partition coefficient (Wildman–Crippen LogP) is 4.02. The number of sulfone groups is 1. The van der Waals surface area contributed by atoms with E-state index in [0.29, 0.717) is 24.0 Å². The van der Waals surface area contributed by atoms with E-state index in [2.05, 4.69) is 4.98 Å². The van der Waals surface area contributed by atoms with Crippen LogP contribution in [0.2, 0.25) is 5.02 Å². The number of benzene rings is 1. The van der Waals surface area contributed by atoms with Crippen molar-refractivity contribution in [2.24, 2.45) is 0 Å². The smallest absolute Gasteiger partial charge is 0.237 e. The molecule has 1 aromatic carbocycles. The summed E-state index contributed by atoms with van der Waals surface area (Å²) in [6.07, 6.45) is 2.64. The predicted molar refractivity (Wildman–Crippen MR) is 122 cm³/mol. The van der Waals surface area contributed by atoms with E-state index in [0.717, 1.165) is 4.31 Å². The average Bonchev–Trinajstić information content (AvgIpc) is 3.54. The van der Waals surface area contributed by atoms with E-state index < -0.39 is 35.6 Å². The Kier molecular flexibility index (Phi) is 4.96. The van der Waals surface area contributed by atoms with Crippen LogP contribution >= 0.6 is 11.6 Å². The molecular weight excluding hydrogens is 460 g/mol. The van der Waals surface area contributed by atoms with Crippen molar-refractivity contribution in [1.29, 1.82) is 0 Å². The highest BCUT2D eigenvalue weighted by Crippen LogP contribution is 2.50. The Balaban J connectivity index is 2.01. The highest BCUT2D eigenvalue weighted by molar-refractivity contribution is 8.01. The SMILES string of the molecule is Cc1ccc(C2=C(O)c3ncccc3C(C)(C)S2(=O)=O)c(Cl)c1N(C)S(=O)(=O)C1CC1. The van der Waals surface area contributed by atoms with Crippen molar-refractivity contribution in [2.45, 2.75) is 43.6 Å². The van der Waals surface area contributed by atoms with Crippen LogP contribution < -0.4 is 4.31 Å². The summed E-state index contributed by atoms with van der Waals surface area (Å²) in [5.41, 5.74) is 1.36. The molecule has 1 aromatic heterocycles. The number of hydrogen-bond acceptors (Lipinski definition) is 6. The van der Waals surface area contributed by atoms with Gasteiger partial charge in [-0.3, -0.25) is 9.29 Å². The Bertz CT molecular complexity index is 1340. The van der Waals surface area contributed by atoms with Crippen molar-refractivity contribution in [1.82, 2.24) is 4.98 Å². The normalized spacial score (nSPS) is 19.8. The standard InChI is InChI=1S/C21H23ClN2O5S2/c1-12-7-10-14(16(22)18(12)24(4)31(28,29)13-8-9-13)20-19(25)17-15(6-5-11-23-17)21(2,3)30(20,26)27/h5-7,10-11,13,25H,8-9H2,1-4H3. The molecule has 0 radical (unpaired) electrons. The summed E-state index contributed by atoms with van der Waals surface area (Å²) in [5.74, 6) is -0.501. The number of hydrogen-bond donors (Lipinski definition) is 1. The zero-order chi connectivity index (χ0) is 22.9. The van der Waals surface area contributed by atoms with Crippen LogP contribution in [0.5, 0.6) is 0 Å². The molecule has 31 heavy (non-hydrogen) atoms. The lowest BCUT2D eigenvalue weighted by Crippen LogP contribution is -2.35. The van der Waals surface area contributed by atoms with Crippen LogP contribution in [-0.2, 0) is 24.6 Å². The third-order valence-electron chi connectivity index (χ3n) is 6.04. The summed E-state index contributed by atoms with van der Waals surface area (Å²) >= 11 is 6.65. The molecule has 0 amide bonds. The molecule has 2 aliphatic rings. The number of aryl methyl sites for hydroxylation is 1. The second-order valence-electron chi connectivity index (χ2n) is 8.40. The fourth-order valence-electron chi connectivity index (χ4n) is 3.93. The lowest BCUT2D eigenvalue weighted by Gasteiger charge is -2.33. The fourth-order valence-corrected chi connectivity index (χ4v) is 7.91. The summed E-state index contributed by atoms with van der Waals surface area (Å²) in [5, 5.41) is 10.5. The first-order valence-electron chi connectivity index (χ1n) is 9.74. The lowest BCUT2D eigenvalue weighted by molar-refractivity contribution is 0.501. The first kappa shape index (κ1) is 22.1. The largest absolute Gasteiger partial charge is 0.504 e. The van der Waals surface area contributed by atoms with Gasteiger partial charge in [-0.05, 0) is 45.2 Å². The van der Waals surface area contributed by atoms with E-state index in [9.17, 15) is 21.9 Å². The van der Waals surface area contributed by atoms with E-state index in [-0.39, 0.29) is 26.9 Å². The van der Waals surface area contributed by atoms with Gasteiger partial charge in [0.05, 0.1) is 20.7 Å². The van der Waals surface area contributed by atoms with Gasteiger partial charge in [0.15, 0.2) is 15.6 Å². The molecule has 0 atom stereocenters. The maximum atomic E-state index is 13.6. The van der Waals surface area contributed by atoms with Gasteiger partial charge in [0, 0.05) is 24.4 Å². The first-order chi connectivity index (χ1) is 14.3. The molecule has 7 nitrogen and oxygen atoms in total. The number of aromatic nitrogens is 1. The van der Waals surface area contributed by atoms with Gasteiger partial charge < -0.3 is 5.11 Å². The van der Waals surface area contributed by atoms with Crippen LogP contribution in [0, 0.1) is 6.92 Å². The zero-order valence-electron chi connectivity index (χ0n) is 17.5. The third-order valence-corrected chi connectivity index (χ3v) is 11.2. The molecule has 166 valence electrons. The molecular formula is C21H23ClN2O5S2. The second kappa shape index (κ2) is 6.95. The van der Waals surface area contributed by atoms with Gasteiger partial charge >= 0.3 is 0 Å². The van der Waals surface area contributed by atoms with Gasteiger partial charge in [0.1, 0.15) is 10.6 Å². The Morgan fingerprint density at radius 2 is 1.87 bits per heavy atom. The van der Waals surface area contributed by atoms with Crippen LogP contribution in [0.3, 0.4) is 0 Å². The first-order valence-corrected chi connectivity index (χ1v) is 13.1. The molecule has 2 heterocycles. The van der Waals surface area contributed by atoms with Crippen molar-refractivity contribution in [2.75, 3.05) is 11.4 Å². The molecule has 0 saturated heterocycles. The van der Waals surface area contributed by atoms with Gasteiger partial charge in [-0.1, -0.05) is 29.8 Å². The Morgan fingerprint density at radius 1 is 1.23 bits per heavy atom. The van der Waals surface area contributed by atoms with Crippen LogP contribution in [-0.4, -0.2) is 39.2 Å². The van der Waals surface area contributed by atoms with Crippen LogP contribution in [0.15, 0.2) is 30.5 Å². The number of fused-ring (bicyclic) bond motifs is 1. The van der Waals surface area contributed by atoms with E-state index >= 15 is 0 Å². The molecule has 1 N–H and O–H groups in total. The Morgan fingerprint density at radius 3 is 2.48 bits per heavy atom. The van der Waals surface area contributed by atoms with Gasteiger partial charge in [0.25, 0.3) is 0 Å². The summed E-state index contributed by atoms with van der Waals surface area (Å²) in [4.78, 5) is 3.84. The lowest BCUT2D eigenvalue weighted by atomic mass is 9.97. The molecule has 1 fully saturated rings. The van der Waals surface area contributed by atoms with E-state index in [4.69, 9.17) is 11.6 Å². The van der Waals surface area contributed by atoms with Crippen molar-refractivity contribution in [3.05, 3.63) is 57.9 Å². The Labute approximate surface area is 187 Å². The van der Waals surface area contributed by atoms with Gasteiger partial charge in [-0.25, -0.2) is 16.8 Å². The minimum atomic E-state index is -4.10. The number of sulfonamides is 1. The molecule has 1 aliphatic heterocycles. The molecule has 0 unspecified atom stereocenters. The van der Waals surface area contributed by atoms with Crippen molar-refractivity contribution in [3.8, 4) is 0 Å². The number of rotatable bonds is 4. The monoisotopic (exact) mass is 482 g/mol. The van der Waals surface area contributed by atoms with Crippen LogP contribution in [0.4, 0.5) is 5.69 Å². The van der Waals surface area contributed by atoms with Crippen LogP contribution in [0.25, 0.3) is 10.7 Å². The summed E-state index contributed by atoms with van der Waals surface area (Å²) in [6.45, 7) is 4.79. The number of halogens is 1. The minimum absolute atomic E-state index is 0.0435. The number of aliphatic hydroxyl groups is 1.